The molecule has 2 aromatic carbocycles. The first kappa shape index (κ1) is 20.1. The minimum absolute atomic E-state index is 0.562. The predicted molar refractivity (Wildman–Crippen MR) is 136 cm³/mol. The maximum absolute atomic E-state index is 5.92. The Morgan fingerprint density at radius 3 is 2.91 bits per heavy atom. The van der Waals surface area contributed by atoms with Gasteiger partial charge >= 0.3 is 0 Å². The maximum atomic E-state index is 5.92. The van der Waals surface area contributed by atoms with Crippen LogP contribution in [0, 0.1) is 0 Å². The van der Waals surface area contributed by atoms with Crippen molar-refractivity contribution in [1.29, 1.82) is 0 Å². The van der Waals surface area contributed by atoms with Gasteiger partial charge in [0.2, 0.25) is 0 Å². The third-order valence-corrected chi connectivity index (χ3v) is 7.22. The second-order valence-corrected chi connectivity index (χ2v) is 9.78. The first-order valence-corrected chi connectivity index (χ1v) is 11.9. The minimum Gasteiger partial charge on any atom is -0.375 e. The van der Waals surface area contributed by atoms with Crippen molar-refractivity contribution in [3.63, 3.8) is 0 Å². The summed E-state index contributed by atoms with van der Waals surface area (Å²) in [5.74, 6) is 0. The summed E-state index contributed by atoms with van der Waals surface area (Å²) >= 11 is 1.50. The summed E-state index contributed by atoms with van der Waals surface area (Å²) in [4.78, 5) is 18.5. The zero-order valence-electron chi connectivity index (χ0n) is 18.4. The summed E-state index contributed by atoms with van der Waals surface area (Å²) in [6.45, 7) is 3.13. The molecule has 0 spiro atoms. The summed E-state index contributed by atoms with van der Waals surface area (Å²) in [5, 5.41) is 4.22. The van der Waals surface area contributed by atoms with Crippen molar-refractivity contribution in [3.05, 3.63) is 66.8 Å². The highest BCUT2D eigenvalue weighted by atomic mass is 32.1. The first-order valence-electron chi connectivity index (χ1n) is 11.1. The number of rotatable bonds is 4. The molecule has 0 radical (unpaired) electrons. The molecule has 1 saturated heterocycles. The van der Waals surface area contributed by atoms with Crippen LogP contribution in [0.2, 0.25) is 0 Å². The fourth-order valence-corrected chi connectivity index (χ4v) is 5.47. The summed E-state index contributed by atoms with van der Waals surface area (Å²) < 4.78 is 1.08. The number of benzene rings is 2. The Kier molecular flexibility index (Phi) is 4.96. The number of allylic oxidation sites excluding steroid dienone is 2. The Balaban J connectivity index is 1.34. The molecule has 0 amide bonds. The molecule has 6 rings (SSSR count). The van der Waals surface area contributed by atoms with Crippen molar-refractivity contribution in [3.8, 4) is 11.1 Å². The number of thiazole rings is 1. The Morgan fingerprint density at radius 2 is 2.03 bits per heavy atom. The number of likely N-dealkylation sites (tertiary alicyclic amines) is 1. The molecule has 1 unspecified atom stereocenters. The van der Waals surface area contributed by atoms with E-state index in [4.69, 9.17) is 5.73 Å². The quantitative estimate of drug-likeness (QED) is 0.474. The van der Waals surface area contributed by atoms with Crippen molar-refractivity contribution < 1.29 is 0 Å². The number of anilines is 2. The van der Waals surface area contributed by atoms with Gasteiger partial charge in [0.15, 0.2) is 5.13 Å². The highest BCUT2D eigenvalue weighted by Gasteiger charge is 2.25. The van der Waals surface area contributed by atoms with Gasteiger partial charge in [0.1, 0.15) is 0 Å². The molecule has 8 heteroatoms. The Morgan fingerprint density at radius 1 is 1.12 bits per heavy atom. The second-order valence-electron chi connectivity index (χ2n) is 8.72. The van der Waals surface area contributed by atoms with Crippen LogP contribution in [-0.2, 0) is 0 Å². The molecule has 0 bridgehead atoms. The van der Waals surface area contributed by atoms with Gasteiger partial charge in [-0.25, -0.2) is 4.98 Å². The zero-order chi connectivity index (χ0) is 22.4. The summed E-state index contributed by atoms with van der Waals surface area (Å²) in [7, 11) is 2.19. The van der Waals surface area contributed by atoms with Gasteiger partial charge in [-0.1, -0.05) is 17.4 Å². The summed E-state index contributed by atoms with van der Waals surface area (Å²) in [6.07, 6.45) is 11.2. The third kappa shape index (κ3) is 3.92. The van der Waals surface area contributed by atoms with Gasteiger partial charge in [0, 0.05) is 41.9 Å². The van der Waals surface area contributed by atoms with Crippen LogP contribution >= 0.6 is 11.3 Å². The SMILES string of the molecule is CN1CCC(N2C=CC=C(Nc3cc(-c4ccc5sc(N)nc5c4)c4nccnc4c3)C2)C1. The second kappa shape index (κ2) is 8.13. The largest absolute Gasteiger partial charge is 0.375 e. The average molecular weight is 456 g/mol. The number of hydrogen-bond acceptors (Lipinski definition) is 8. The molecule has 2 aliphatic heterocycles. The van der Waals surface area contributed by atoms with Crippen molar-refractivity contribution in [2.45, 2.75) is 12.5 Å². The molecule has 1 fully saturated rings. The van der Waals surface area contributed by atoms with Gasteiger partial charge in [0.25, 0.3) is 0 Å². The van der Waals surface area contributed by atoms with Crippen LogP contribution in [0.1, 0.15) is 6.42 Å². The molecule has 166 valence electrons. The molecular formula is C25H25N7S. The topological polar surface area (TPSA) is 83.2 Å². The van der Waals surface area contributed by atoms with Crippen molar-refractivity contribution in [2.75, 3.05) is 37.7 Å². The van der Waals surface area contributed by atoms with Crippen LogP contribution in [0.25, 0.3) is 32.4 Å². The molecule has 1 atom stereocenters. The minimum atomic E-state index is 0.562. The van der Waals surface area contributed by atoms with E-state index in [9.17, 15) is 0 Å². The van der Waals surface area contributed by atoms with Crippen LogP contribution in [0.15, 0.2) is 66.8 Å². The molecular weight excluding hydrogens is 430 g/mol. The lowest BCUT2D eigenvalue weighted by Crippen LogP contribution is -2.36. The highest BCUT2D eigenvalue weighted by molar-refractivity contribution is 7.22. The van der Waals surface area contributed by atoms with E-state index in [1.54, 1.807) is 12.4 Å². The molecule has 0 aliphatic carbocycles. The highest BCUT2D eigenvalue weighted by Crippen LogP contribution is 2.34. The number of hydrogen-bond donors (Lipinski definition) is 2. The molecule has 33 heavy (non-hydrogen) atoms. The molecule has 4 aromatic rings. The van der Waals surface area contributed by atoms with E-state index in [0.29, 0.717) is 11.2 Å². The lowest BCUT2D eigenvalue weighted by molar-refractivity contribution is 0.288. The average Bonchev–Trinajstić information content (AvgIpc) is 3.42. The van der Waals surface area contributed by atoms with Gasteiger partial charge in [-0.2, -0.15) is 0 Å². The zero-order valence-corrected chi connectivity index (χ0v) is 19.2. The molecule has 7 nitrogen and oxygen atoms in total. The number of nitrogens with one attached hydrogen (secondary N) is 1. The Hall–Kier alpha value is -3.49. The van der Waals surface area contributed by atoms with Gasteiger partial charge in [-0.05, 0) is 68.2 Å². The Labute approximate surface area is 196 Å². The number of fused-ring (bicyclic) bond motifs is 2. The Bertz CT molecular complexity index is 1410. The lowest BCUT2D eigenvalue weighted by atomic mass is 10.0. The first-order chi connectivity index (χ1) is 16.1. The van der Waals surface area contributed by atoms with Crippen LogP contribution < -0.4 is 11.1 Å². The number of aromatic nitrogens is 3. The van der Waals surface area contributed by atoms with E-state index in [-0.39, 0.29) is 0 Å². The third-order valence-electron chi connectivity index (χ3n) is 6.36. The monoisotopic (exact) mass is 455 g/mol. The van der Waals surface area contributed by atoms with Crippen LogP contribution in [0.4, 0.5) is 10.8 Å². The van der Waals surface area contributed by atoms with Crippen LogP contribution in [0.5, 0.6) is 0 Å². The van der Waals surface area contributed by atoms with E-state index in [1.807, 2.05) is 0 Å². The number of likely N-dealkylation sites (N-methyl/N-ethyl adjacent to an activating group) is 1. The van der Waals surface area contributed by atoms with Crippen LogP contribution in [-0.4, -0.2) is 57.5 Å². The van der Waals surface area contributed by atoms with Crippen molar-refractivity contribution in [2.24, 2.45) is 0 Å². The summed E-state index contributed by atoms with van der Waals surface area (Å²) in [6, 6.07) is 11.0. The molecule has 0 saturated carbocycles. The van der Waals surface area contributed by atoms with E-state index in [2.05, 4.69) is 85.8 Å². The molecule has 4 heterocycles. The van der Waals surface area contributed by atoms with E-state index < -0.39 is 0 Å². The number of nitrogens with two attached hydrogens (primary N) is 1. The lowest BCUT2D eigenvalue weighted by Gasteiger charge is -2.31. The molecule has 3 N–H and O–H groups in total. The van der Waals surface area contributed by atoms with Gasteiger partial charge in [0.05, 0.1) is 27.8 Å². The standard InChI is InChI=1S/C25H25N7S/c1-31-10-6-19(15-31)32-9-2-3-17(14-32)29-18-12-20(24-22(13-18)27-7-8-28-24)16-4-5-23-21(11-16)30-25(26)33-23/h2-5,7-9,11-13,19,29H,6,10,14-15H2,1H3,(H2,26,30). The van der Waals surface area contributed by atoms with Gasteiger partial charge < -0.3 is 20.9 Å². The molecule has 2 aromatic heterocycles. The van der Waals surface area contributed by atoms with Crippen molar-refractivity contribution in [1.82, 2.24) is 24.8 Å². The summed E-state index contributed by atoms with van der Waals surface area (Å²) in [5.41, 5.74) is 12.8. The van der Waals surface area contributed by atoms with E-state index in [1.165, 1.54) is 23.5 Å². The molecule has 2 aliphatic rings. The smallest absolute Gasteiger partial charge is 0.181 e. The number of nitrogens with zero attached hydrogens (tertiary/aromatic N) is 5. The normalized spacial score (nSPS) is 18.9. The predicted octanol–water partition coefficient (Wildman–Crippen LogP) is 4.32. The van der Waals surface area contributed by atoms with E-state index >= 15 is 0 Å². The fourth-order valence-electron chi connectivity index (χ4n) is 4.75. The maximum Gasteiger partial charge on any atom is 0.181 e. The fraction of sp³-hybridized carbons (Fsp3) is 0.240. The van der Waals surface area contributed by atoms with Crippen LogP contribution in [0.3, 0.4) is 0 Å². The van der Waals surface area contributed by atoms with Gasteiger partial charge in [-0.3, -0.25) is 9.97 Å². The van der Waals surface area contributed by atoms with Crippen molar-refractivity contribution >= 4 is 43.4 Å². The van der Waals surface area contributed by atoms with Gasteiger partial charge in [-0.15, -0.1) is 0 Å². The van der Waals surface area contributed by atoms with E-state index in [0.717, 1.165) is 57.7 Å². The number of nitrogen functional groups attached to an aromatic ring is 1.